The average molecular weight is 431 g/mol. The Bertz CT molecular complexity index is 1360. The first kappa shape index (κ1) is 19.2. The largest absolute Gasteiger partial charge is 0.335 e. The number of nitrogens with zero attached hydrogens (tertiary/aromatic N) is 7. The van der Waals surface area contributed by atoms with Crippen LogP contribution < -0.4 is 5.32 Å². The van der Waals surface area contributed by atoms with E-state index in [1.807, 2.05) is 36.1 Å². The number of aryl methyl sites for hydroxylation is 2. The molecule has 0 bridgehead atoms. The second kappa shape index (κ2) is 7.03. The van der Waals surface area contributed by atoms with E-state index in [0.29, 0.717) is 12.5 Å². The molecular weight excluding hydrogens is 404 g/mol. The summed E-state index contributed by atoms with van der Waals surface area (Å²) in [7, 11) is 3.88. The maximum absolute atomic E-state index is 12.1. The normalized spacial score (nSPS) is 16.4. The number of benzene rings is 1. The maximum atomic E-state index is 12.1. The fourth-order valence-corrected chi connectivity index (χ4v) is 4.85. The fraction of sp³-hybridized carbons (Fsp3) is 0.391. The van der Waals surface area contributed by atoms with Crippen LogP contribution in [0, 0.1) is 0 Å². The van der Waals surface area contributed by atoms with E-state index in [0.717, 1.165) is 71.1 Å². The molecule has 0 atom stereocenters. The van der Waals surface area contributed by atoms with Crippen molar-refractivity contribution < 1.29 is 4.79 Å². The number of hydrogen-bond acceptors (Lipinski definition) is 5. The Balaban J connectivity index is 1.51. The second-order valence-corrected chi connectivity index (χ2v) is 8.82. The van der Waals surface area contributed by atoms with Gasteiger partial charge in [-0.25, -0.2) is 4.98 Å². The number of nitrogens with one attached hydrogen (secondary N) is 1. The smallest absolute Gasteiger partial charge is 0.219 e. The molecule has 4 aromatic rings. The quantitative estimate of drug-likeness (QED) is 0.537. The van der Waals surface area contributed by atoms with E-state index >= 15 is 0 Å². The van der Waals surface area contributed by atoms with Crippen LogP contribution in [0.3, 0.4) is 0 Å². The van der Waals surface area contributed by atoms with Gasteiger partial charge in [0, 0.05) is 75.8 Å². The third-order valence-corrected chi connectivity index (χ3v) is 6.73. The number of amides is 1. The van der Waals surface area contributed by atoms with Crippen molar-refractivity contribution in [2.24, 2.45) is 14.1 Å². The summed E-state index contributed by atoms with van der Waals surface area (Å²) in [5.74, 6) is 1.67. The first-order valence-corrected chi connectivity index (χ1v) is 11.0. The summed E-state index contributed by atoms with van der Waals surface area (Å²) in [5, 5.41) is 13.5. The van der Waals surface area contributed by atoms with Crippen LogP contribution in [0.2, 0.25) is 0 Å². The molecule has 1 N–H and O–H groups in total. The van der Waals surface area contributed by atoms with E-state index in [4.69, 9.17) is 10.1 Å². The van der Waals surface area contributed by atoms with Crippen LogP contribution in [0.25, 0.3) is 33.4 Å². The van der Waals surface area contributed by atoms with Gasteiger partial charge in [0.2, 0.25) is 5.91 Å². The zero-order valence-electron chi connectivity index (χ0n) is 18.5. The fourth-order valence-electron chi connectivity index (χ4n) is 4.85. The summed E-state index contributed by atoms with van der Waals surface area (Å²) < 4.78 is 6.05. The molecular formula is C23H26N8O. The van der Waals surface area contributed by atoms with Crippen LogP contribution in [0.5, 0.6) is 0 Å². The Hall–Kier alpha value is -3.46. The highest BCUT2D eigenvalue weighted by molar-refractivity contribution is 5.95. The molecule has 3 aromatic heterocycles. The van der Waals surface area contributed by atoms with Crippen LogP contribution in [-0.4, -0.2) is 59.6 Å². The van der Waals surface area contributed by atoms with E-state index < -0.39 is 0 Å². The van der Waals surface area contributed by atoms with Crippen molar-refractivity contribution in [3.63, 3.8) is 0 Å². The third kappa shape index (κ3) is 2.88. The number of carbonyl (C=O) groups is 1. The topological polar surface area (TPSA) is 85.8 Å². The van der Waals surface area contributed by atoms with Gasteiger partial charge in [0.25, 0.3) is 0 Å². The number of fused-ring (bicyclic) bond motifs is 2. The molecule has 0 saturated carbocycles. The van der Waals surface area contributed by atoms with Crippen LogP contribution in [0.4, 0.5) is 0 Å². The number of carbonyl (C=O) groups excluding carboxylic acids is 1. The van der Waals surface area contributed by atoms with Crippen LogP contribution in [-0.2, 0) is 32.0 Å². The molecule has 0 unspecified atom stereocenters. The molecule has 1 saturated heterocycles. The highest BCUT2D eigenvalue weighted by Gasteiger charge is 2.31. The molecule has 0 spiro atoms. The lowest BCUT2D eigenvalue weighted by Crippen LogP contribution is -2.43. The van der Waals surface area contributed by atoms with Gasteiger partial charge in [-0.05, 0) is 12.1 Å². The number of rotatable bonds is 3. The molecule has 9 heteroatoms. The minimum atomic E-state index is 0.108. The lowest BCUT2D eigenvalue weighted by atomic mass is 10.0. The lowest BCUT2D eigenvalue weighted by Gasteiger charge is -2.32. The third-order valence-electron chi connectivity index (χ3n) is 6.73. The molecule has 0 aliphatic carbocycles. The van der Waals surface area contributed by atoms with Gasteiger partial charge in [-0.3, -0.25) is 14.2 Å². The van der Waals surface area contributed by atoms with Crippen molar-refractivity contribution in [3.05, 3.63) is 42.1 Å². The standard InChI is InChI=1S/C23H26N8O/c1-14(32)30-6-7-31-20(13-30)22(26-23(31)16-9-24-10-16)15-4-5-19-18(8-15)21(27-29(19)3)17-11-25-28(2)12-17/h4-5,8,11-12,16,24H,6-7,9-10,13H2,1-3H3. The van der Waals surface area contributed by atoms with Crippen molar-refractivity contribution >= 4 is 16.8 Å². The Labute approximate surface area is 185 Å². The minimum absolute atomic E-state index is 0.108. The van der Waals surface area contributed by atoms with Crippen molar-refractivity contribution in [2.45, 2.75) is 25.9 Å². The summed E-state index contributed by atoms with van der Waals surface area (Å²) in [6.07, 6.45) is 3.83. The average Bonchev–Trinajstić information content (AvgIpc) is 3.42. The van der Waals surface area contributed by atoms with Gasteiger partial charge >= 0.3 is 0 Å². The van der Waals surface area contributed by atoms with Gasteiger partial charge in [-0.1, -0.05) is 6.07 Å². The molecule has 164 valence electrons. The Morgan fingerprint density at radius 3 is 2.66 bits per heavy atom. The molecule has 1 aromatic carbocycles. The maximum Gasteiger partial charge on any atom is 0.219 e. The van der Waals surface area contributed by atoms with E-state index in [9.17, 15) is 4.79 Å². The van der Waals surface area contributed by atoms with Crippen LogP contribution >= 0.6 is 0 Å². The first-order chi connectivity index (χ1) is 15.5. The molecule has 1 fully saturated rings. The van der Waals surface area contributed by atoms with E-state index in [1.165, 1.54) is 0 Å². The van der Waals surface area contributed by atoms with Crippen molar-refractivity contribution in [3.8, 4) is 22.5 Å². The van der Waals surface area contributed by atoms with Gasteiger partial charge < -0.3 is 14.8 Å². The lowest BCUT2D eigenvalue weighted by molar-refractivity contribution is -0.130. The molecule has 2 aliphatic heterocycles. The summed E-state index contributed by atoms with van der Waals surface area (Å²) >= 11 is 0. The Kier molecular flexibility index (Phi) is 4.23. The number of hydrogen-bond donors (Lipinski definition) is 1. The van der Waals surface area contributed by atoms with Crippen LogP contribution in [0.15, 0.2) is 30.6 Å². The van der Waals surface area contributed by atoms with Gasteiger partial charge in [0.05, 0.1) is 29.6 Å². The Morgan fingerprint density at radius 2 is 1.97 bits per heavy atom. The summed E-state index contributed by atoms with van der Waals surface area (Å²) in [4.78, 5) is 19.2. The monoisotopic (exact) mass is 430 g/mol. The second-order valence-electron chi connectivity index (χ2n) is 8.82. The van der Waals surface area contributed by atoms with E-state index in [-0.39, 0.29) is 5.91 Å². The zero-order valence-corrected chi connectivity index (χ0v) is 18.5. The molecule has 2 aliphatic rings. The molecule has 5 heterocycles. The number of aromatic nitrogens is 6. The SMILES string of the molecule is CC(=O)N1CCn2c(C3CNC3)nc(-c3ccc4c(c3)c(-c3cnn(C)c3)nn4C)c2C1. The highest BCUT2D eigenvalue weighted by atomic mass is 16.2. The van der Waals surface area contributed by atoms with Gasteiger partial charge in [0.1, 0.15) is 11.5 Å². The van der Waals surface area contributed by atoms with Crippen molar-refractivity contribution in [1.29, 1.82) is 0 Å². The summed E-state index contributed by atoms with van der Waals surface area (Å²) in [6.45, 7) is 5.68. The van der Waals surface area contributed by atoms with Crippen molar-refractivity contribution in [1.82, 2.24) is 39.3 Å². The molecule has 6 rings (SSSR count). The Morgan fingerprint density at radius 1 is 1.12 bits per heavy atom. The predicted molar refractivity (Wildman–Crippen MR) is 121 cm³/mol. The van der Waals surface area contributed by atoms with Crippen LogP contribution in [0.1, 0.15) is 24.4 Å². The number of imidazole rings is 1. The van der Waals surface area contributed by atoms with Crippen molar-refractivity contribution in [2.75, 3.05) is 19.6 Å². The van der Waals surface area contributed by atoms with Gasteiger partial charge in [-0.15, -0.1) is 0 Å². The zero-order chi connectivity index (χ0) is 22.0. The molecule has 32 heavy (non-hydrogen) atoms. The van der Waals surface area contributed by atoms with Gasteiger partial charge in [-0.2, -0.15) is 10.2 Å². The molecule has 9 nitrogen and oxygen atoms in total. The predicted octanol–water partition coefficient (Wildman–Crippen LogP) is 1.89. The minimum Gasteiger partial charge on any atom is -0.335 e. The highest BCUT2D eigenvalue weighted by Crippen LogP contribution is 2.35. The molecule has 0 radical (unpaired) electrons. The van der Waals surface area contributed by atoms with Gasteiger partial charge in [0.15, 0.2) is 0 Å². The summed E-state index contributed by atoms with van der Waals surface area (Å²) in [5.41, 5.74) is 6.13. The first-order valence-electron chi connectivity index (χ1n) is 11.0. The van der Waals surface area contributed by atoms with E-state index in [1.54, 1.807) is 11.6 Å². The molecule has 1 amide bonds. The summed E-state index contributed by atoms with van der Waals surface area (Å²) in [6, 6.07) is 6.42. The van der Waals surface area contributed by atoms with E-state index in [2.05, 4.69) is 33.2 Å².